The van der Waals surface area contributed by atoms with E-state index >= 15 is 17.6 Å². The first-order valence-corrected chi connectivity index (χ1v) is 29.0. The summed E-state index contributed by atoms with van der Waals surface area (Å²) in [6.45, 7) is -4.94. The molecule has 28 heteroatoms. The van der Waals surface area contributed by atoms with E-state index in [0.717, 1.165) is 36.7 Å². The quantitative estimate of drug-likeness (QED) is 0.0540. The zero-order valence-electron chi connectivity index (χ0n) is 50.4. The monoisotopic (exact) mass is 1330 g/mol. The summed E-state index contributed by atoms with van der Waals surface area (Å²) in [7, 11) is 3.03. The molecule has 0 saturated carbocycles. The molecule has 0 atom stereocenters. The van der Waals surface area contributed by atoms with E-state index in [0.29, 0.717) is 78.4 Å². The third-order valence-electron chi connectivity index (χ3n) is 15.3. The molecule has 0 aliphatic carbocycles. The molecule has 0 bridgehead atoms. The number of aromatic carboxylic acids is 2. The van der Waals surface area contributed by atoms with E-state index in [1.165, 1.54) is 124 Å². The SMILES string of the molecule is COCCn1c(Cc2cc(F)c(-c3cccc(OCc4ccc(-c5cnn(C(F)F)c5)cc4F)n3)cc2F)nc2ccc(C(=O)O)cc21.COCCn1c(Cc2cc(F)c(-c3cccc(OCc4ccc(-c5cnn(C(F)F)c5)cc4F)n3)cc2F)nc2ccc(C(=O)O)cc21. The lowest BCUT2D eigenvalue weighted by atomic mass is 10.0. The van der Waals surface area contributed by atoms with Crippen molar-refractivity contribution in [3.63, 3.8) is 0 Å². The van der Waals surface area contributed by atoms with Gasteiger partial charge >= 0.3 is 25.0 Å². The van der Waals surface area contributed by atoms with Gasteiger partial charge in [0.05, 0.1) is 70.2 Å². The van der Waals surface area contributed by atoms with E-state index in [-0.39, 0.29) is 107 Å². The molecule has 492 valence electrons. The molecule has 2 N–H and O–H groups in total. The van der Waals surface area contributed by atoms with Crippen LogP contribution < -0.4 is 9.47 Å². The first-order valence-electron chi connectivity index (χ1n) is 29.0. The Bertz CT molecular complexity index is 4560. The van der Waals surface area contributed by atoms with Gasteiger partial charge in [0.15, 0.2) is 0 Å². The van der Waals surface area contributed by atoms with Crippen molar-refractivity contribution in [1.82, 2.24) is 48.6 Å². The highest BCUT2D eigenvalue weighted by molar-refractivity contribution is 5.93. The van der Waals surface area contributed by atoms with Crippen molar-refractivity contribution in [2.45, 2.75) is 52.2 Å². The summed E-state index contributed by atoms with van der Waals surface area (Å²) >= 11 is 0. The maximum Gasteiger partial charge on any atom is 0.335 e. The predicted octanol–water partition coefficient (Wildman–Crippen LogP) is 14.6. The van der Waals surface area contributed by atoms with Crippen LogP contribution >= 0.6 is 0 Å². The Labute approximate surface area is 537 Å². The van der Waals surface area contributed by atoms with Crippen LogP contribution in [-0.4, -0.2) is 98.2 Å². The molecule has 96 heavy (non-hydrogen) atoms. The van der Waals surface area contributed by atoms with Gasteiger partial charge in [0.1, 0.15) is 59.8 Å². The first-order chi connectivity index (χ1) is 46.2. The van der Waals surface area contributed by atoms with E-state index in [9.17, 15) is 46.1 Å². The summed E-state index contributed by atoms with van der Waals surface area (Å²) in [5.41, 5.74) is 3.79. The van der Waals surface area contributed by atoms with E-state index in [1.54, 1.807) is 21.3 Å². The van der Waals surface area contributed by atoms with Gasteiger partial charge in [-0.2, -0.15) is 27.8 Å². The second kappa shape index (κ2) is 28.9. The van der Waals surface area contributed by atoms with Crippen molar-refractivity contribution in [1.29, 1.82) is 0 Å². The van der Waals surface area contributed by atoms with Gasteiger partial charge in [-0.05, 0) is 107 Å². The number of rotatable bonds is 24. The molecule has 12 aromatic rings. The van der Waals surface area contributed by atoms with Gasteiger partial charge in [0.2, 0.25) is 11.8 Å². The molecule has 6 heterocycles. The third kappa shape index (κ3) is 14.9. The summed E-state index contributed by atoms with van der Waals surface area (Å²) in [5, 5.41) is 25.9. The number of hydrogen-bond donors (Lipinski definition) is 2. The molecule has 0 fully saturated rings. The average Bonchev–Trinajstić information content (AvgIpc) is 1.58. The van der Waals surface area contributed by atoms with Gasteiger partial charge in [-0.3, -0.25) is 0 Å². The molecule has 18 nitrogen and oxygen atoms in total. The van der Waals surface area contributed by atoms with Gasteiger partial charge < -0.3 is 38.3 Å². The highest BCUT2D eigenvalue weighted by atomic mass is 19.3. The summed E-state index contributed by atoms with van der Waals surface area (Å²) in [4.78, 5) is 40.7. The van der Waals surface area contributed by atoms with Crippen LogP contribution in [0.25, 0.3) is 66.8 Å². The first kappa shape index (κ1) is 66.2. The van der Waals surface area contributed by atoms with Crippen LogP contribution in [0, 0.1) is 34.9 Å². The second-order valence-corrected chi connectivity index (χ2v) is 21.4. The molecular weight excluding hydrogens is 1270 g/mol. The number of fused-ring (bicyclic) bond motifs is 2. The minimum Gasteiger partial charge on any atom is -0.478 e. The summed E-state index contributed by atoms with van der Waals surface area (Å²) in [6.07, 6.45) is 4.46. The number of carboxylic acids is 2. The topological polar surface area (TPSA) is 209 Å². The van der Waals surface area contributed by atoms with E-state index < -0.39 is 59.9 Å². The number of carbonyl (C=O) groups is 2. The number of hydrogen-bond acceptors (Lipinski definition) is 12. The van der Waals surface area contributed by atoms with Gasteiger partial charge in [0, 0.05) is 98.1 Å². The Morgan fingerprint density at radius 1 is 0.458 bits per heavy atom. The minimum absolute atomic E-state index is 0.0246. The van der Waals surface area contributed by atoms with Crippen molar-refractivity contribution in [2.75, 3.05) is 27.4 Å². The predicted molar refractivity (Wildman–Crippen MR) is 328 cm³/mol. The molecule has 0 saturated heterocycles. The average molecular weight is 1330 g/mol. The smallest absolute Gasteiger partial charge is 0.335 e. The lowest BCUT2D eigenvalue weighted by molar-refractivity contribution is 0.0562. The van der Waals surface area contributed by atoms with Crippen molar-refractivity contribution < 1.29 is 82.7 Å². The van der Waals surface area contributed by atoms with Crippen LogP contribution in [-0.2, 0) is 48.6 Å². The van der Waals surface area contributed by atoms with Crippen LogP contribution in [0.4, 0.5) is 43.9 Å². The maximum atomic E-state index is 15.5. The van der Waals surface area contributed by atoms with Crippen molar-refractivity contribution in [2.24, 2.45) is 0 Å². The second-order valence-electron chi connectivity index (χ2n) is 21.4. The number of ether oxygens (including phenoxy) is 4. The Kier molecular flexibility index (Phi) is 20.0. The summed E-state index contributed by atoms with van der Waals surface area (Å²) in [5.74, 6) is -5.56. The number of carboxylic acid groups (broad SMARTS) is 2. The fourth-order valence-electron chi connectivity index (χ4n) is 10.4. The van der Waals surface area contributed by atoms with Crippen LogP contribution in [0.15, 0.2) is 158 Å². The number of nitrogens with zero attached hydrogens (tertiary/aromatic N) is 10. The maximum absolute atomic E-state index is 15.5. The number of aromatic nitrogens is 10. The molecule has 0 unspecified atom stereocenters. The fourth-order valence-corrected chi connectivity index (χ4v) is 10.4. The Morgan fingerprint density at radius 3 is 1.23 bits per heavy atom. The van der Waals surface area contributed by atoms with Crippen molar-refractivity contribution in [3.05, 3.63) is 238 Å². The zero-order valence-corrected chi connectivity index (χ0v) is 50.4. The molecule has 0 spiro atoms. The highest BCUT2D eigenvalue weighted by Gasteiger charge is 2.23. The molecule has 12 rings (SSSR count). The van der Waals surface area contributed by atoms with Crippen LogP contribution in [0.5, 0.6) is 11.8 Å². The van der Waals surface area contributed by atoms with Crippen LogP contribution in [0.3, 0.4) is 0 Å². The van der Waals surface area contributed by atoms with Crippen LogP contribution in [0.1, 0.15) is 67.7 Å². The number of alkyl halides is 4. The Hall–Kier alpha value is -11.3. The lowest BCUT2D eigenvalue weighted by Gasteiger charge is -2.12. The molecule has 0 radical (unpaired) electrons. The molecule has 0 amide bonds. The number of halogens is 10. The van der Waals surface area contributed by atoms with Gasteiger partial charge in [0.25, 0.3) is 0 Å². The third-order valence-corrected chi connectivity index (χ3v) is 15.3. The Morgan fingerprint density at radius 2 is 0.865 bits per heavy atom. The molecule has 0 aliphatic heterocycles. The lowest BCUT2D eigenvalue weighted by Crippen LogP contribution is -2.10. The van der Waals surface area contributed by atoms with Gasteiger partial charge in [-0.15, -0.1) is 0 Å². The number of methoxy groups -OCH3 is 2. The number of imidazole rings is 2. The fraction of sp³-hybridized carbons (Fsp3) is 0.176. The highest BCUT2D eigenvalue weighted by Crippen LogP contribution is 2.33. The largest absolute Gasteiger partial charge is 0.478 e. The summed E-state index contributed by atoms with van der Waals surface area (Å²) < 4.78 is 169. The molecule has 6 aromatic carbocycles. The van der Waals surface area contributed by atoms with Gasteiger partial charge in [-0.1, -0.05) is 36.4 Å². The molecule has 0 aliphatic rings. The van der Waals surface area contributed by atoms with Crippen molar-refractivity contribution >= 4 is 34.0 Å². The minimum atomic E-state index is -2.82. The van der Waals surface area contributed by atoms with E-state index in [1.807, 2.05) is 0 Å². The number of benzene rings is 6. The van der Waals surface area contributed by atoms with E-state index in [2.05, 4.69) is 30.1 Å². The van der Waals surface area contributed by atoms with Crippen molar-refractivity contribution in [3.8, 4) is 56.5 Å². The van der Waals surface area contributed by atoms with Gasteiger partial charge in [-0.25, -0.2) is 65.2 Å². The van der Waals surface area contributed by atoms with E-state index in [4.69, 9.17) is 18.9 Å². The molecular formula is C68H52F10N10O8. The molecule has 6 aromatic heterocycles. The zero-order chi connectivity index (χ0) is 67.9. The standard InChI is InChI=1S/2C34H26F5N5O4/c2*1-47-10-9-43-30-13-20(33(45)46)7-8-29(30)41-31(43)14-22-12-27(37)24(15-26(22)36)28-3-2-4-32(42-28)48-18-21-6-5-19(11-25(21)35)23-16-40-44(17-23)34(38)39/h2*2-8,11-13,15-17,34H,9-10,14,18H2,1H3,(H,45,46). The Balaban J connectivity index is 0.000000195. The summed E-state index contributed by atoms with van der Waals surface area (Å²) in [6, 6.07) is 30.4. The number of pyridine rings is 2. The van der Waals surface area contributed by atoms with Crippen LogP contribution in [0.2, 0.25) is 0 Å². The normalized spacial score (nSPS) is 11.5.